The zero-order chi connectivity index (χ0) is 8.10. The van der Waals surface area contributed by atoms with Crippen LogP contribution in [-0.4, -0.2) is 18.2 Å². The van der Waals surface area contributed by atoms with Crippen LogP contribution >= 0.6 is 0 Å². The van der Waals surface area contributed by atoms with Crippen molar-refractivity contribution in [3.05, 3.63) is 18.5 Å². The van der Waals surface area contributed by atoms with Crippen LogP contribution in [0, 0.1) is 0 Å². The molecule has 0 amide bonds. The maximum atomic E-state index is 11.7. The van der Waals surface area contributed by atoms with E-state index in [1.54, 1.807) is 12.3 Å². The molecule has 0 bridgehead atoms. The van der Waals surface area contributed by atoms with E-state index in [1.165, 1.54) is 6.20 Å². The Bertz CT molecular complexity index is 227. The van der Waals surface area contributed by atoms with E-state index in [0.29, 0.717) is 5.69 Å². The Balaban J connectivity index is 2.62. The lowest BCUT2D eigenvalue weighted by Gasteiger charge is -2.04. The Labute approximate surface area is 64.4 Å². The predicted octanol–water partition coefficient (Wildman–Crippen LogP) is 1.05. The summed E-state index contributed by atoms with van der Waals surface area (Å²) in [6.07, 6.45) is 3.14. The molecule has 0 radical (unpaired) electrons. The molecule has 0 spiro atoms. The highest BCUT2D eigenvalue weighted by Crippen LogP contribution is 2.13. The van der Waals surface area contributed by atoms with Crippen LogP contribution in [0.3, 0.4) is 0 Å². The first-order valence-corrected chi connectivity index (χ1v) is 3.34. The van der Waals surface area contributed by atoms with E-state index in [4.69, 9.17) is 5.73 Å². The summed E-state index contributed by atoms with van der Waals surface area (Å²) in [5.74, 6) is 0. The zero-order valence-corrected chi connectivity index (χ0v) is 6.05. The van der Waals surface area contributed by atoms with Crippen LogP contribution < -0.4 is 11.1 Å². The van der Waals surface area contributed by atoms with Crippen molar-refractivity contribution in [1.29, 1.82) is 0 Å². The first-order chi connectivity index (χ1) is 5.34. The molecule has 1 heterocycles. The van der Waals surface area contributed by atoms with E-state index in [9.17, 15) is 4.39 Å². The Hall–Kier alpha value is -1.32. The van der Waals surface area contributed by atoms with Gasteiger partial charge in [0.25, 0.3) is 0 Å². The minimum absolute atomic E-state index is 0.286. The molecule has 11 heavy (non-hydrogen) atoms. The van der Waals surface area contributed by atoms with Crippen LogP contribution in [0.25, 0.3) is 0 Å². The van der Waals surface area contributed by atoms with E-state index >= 15 is 0 Å². The molecule has 0 aromatic carbocycles. The summed E-state index contributed by atoms with van der Waals surface area (Å²) < 4.78 is 11.7. The molecule has 0 saturated heterocycles. The molecule has 0 aliphatic carbocycles. The molecule has 4 heteroatoms. The molecule has 0 aliphatic rings. The van der Waals surface area contributed by atoms with Crippen LogP contribution in [-0.2, 0) is 0 Å². The largest absolute Gasteiger partial charge is 0.396 e. The number of anilines is 2. The molecular weight excluding hydrogens is 145 g/mol. The van der Waals surface area contributed by atoms with Gasteiger partial charge in [-0.3, -0.25) is 4.98 Å². The number of alkyl halides is 1. The standard InChI is InChI=1S/C7H10FN3/c8-2-4-11-7-1-3-10-5-6(7)9/h1,3,5H,2,4,9H2,(H,10,11). The second kappa shape index (κ2) is 3.75. The number of hydrogen-bond donors (Lipinski definition) is 2. The predicted molar refractivity (Wildman–Crippen MR) is 43.1 cm³/mol. The summed E-state index contributed by atoms with van der Waals surface area (Å²) in [4.78, 5) is 3.79. The van der Waals surface area contributed by atoms with Crippen molar-refractivity contribution in [2.75, 3.05) is 24.3 Å². The number of nitrogen functional groups attached to an aromatic ring is 1. The second-order valence-electron chi connectivity index (χ2n) is 2.08. The number of hydrogen-bond acceptors (Lipinski definition) is 3. The highest BCUT2D eigenvalue weighted by atomic mass is 19.1. The third-order valence-electron chi connectivity index (χ3n) is 1.26. The number of rotatable bonds is 3. The lowest BCUT2D eigenvalue weighted by molar-refractivity contribution is 0.513. The summed E-state index contributed by atoms with van der Waals surface area (Å²) >= 11 is 0. The van der Waals surface area contributed by atoms with Gasteiger partial charge in [0.1, 0.15) is 6.67 Å². The number of nitrogens with zero attached hydrogens (tertiary/aromatic N) is 1. The van der Waals surface area contributed by atoms with E-state index in [-0.39, 0.29) is 6.54 Å². The lowest BCUT2D eigenvalue weighted by atomic mass is 10.3. The summed E-state index contributed by atoms with van der Waals surface area (Å²) in [5.41, 5.74) is 6.79. The third-order valence-corrected chi connectivity index (χ3v) is 1.26. The minimum Gasteiger partial charge on any atom is -0.396 e. The number of pyridine rings is 1. The van der Waals surface area contributed by atoms with Crippen LogP contribution in [0.2, 0.25) is 0 Å². The fourth-order valence-corrected chi connectivity index (χ4v) is 0.750. The van der Waals surface area contributed by atoms with E-state index in [2.05, 4.69) is 10.3 Å². The SMILES string of the molecule is Nc1cnccc1NCCF. The Morgan fingerprint density at radius 3 is 3.09 bits per heavy atom. The maximum absolute atomic E-state index is 11.7. The molecule has 1 aromatic heterocycles. The van der Waals surface area contributed by atoms with Gasteiger partial charge in [0.2, 0.25) is 0 Å². The molecule has 0 atom stereocenters. The Morgan fingerprint density at radius 1 is 1.64 bits per heavy atom. The third kappa shape index (κ3) is 2.07. The van der Waals surface area contributed by atoms with Gasteiger partial charge in [0, 0.05) is 12.7 Å². The van der Waals surface area contributed by atoms with Gasteiger partial charge >= 0.3 is 0 Å². The van der Waals surface area contributed by atoms with Crippen molar-refractivity contribution >= 4 is 11.4 Å². The van der Waals surface area contributed by atoms with E-state index in [1.807, 2.05) is 0 Å². The zero-order valence-electron chi connectivity index (χ0n) is 6.05. The topological polar surface area (TPSA) is 50.9 Å². The van der Waals surface area contributed by atoms with E-state index < -0.39 is 6.67 Å². The monoisotopic (exact) mass is 155 g/mol. The molecule has 1 aromatic rings. The minimum atomic E-state index is -0.401. The number of aromatic nitrogens is 1. The maximum Gasteiger partial charge on any atom is 0.107 e. The van der Waals surface area contributed by atoms with Crippen molar-refractivity contribution in [2.45, 2.75) is 0 Å². The molecule has 0 unspecified atom stereocenters. The van der Waals surface area contributed by atoms with Gasteiger partial charge in [-0.05, 0) is 6.07 Å². The first-order valence-electron chi connectivity index (χ1n) is 3.34. The highest BCUT2D eigenvalue weighted by molar-refractivity contribution is 5.64. The van der Waals surface area contributed by atoms with Crippen LogP contribution in [0.5, 0.6) is 0 Å². The van der Waals surface area contributed by atoms with Crippen molar-refractivity contribution in [3.63, 3.8) is 0 Å². The van der Waals surface area contributed by atoms with Crippen LogP contribution in [0.15, 0.2) is 18.5 Å². The fourth-order valence-electron chi connectivity index (χ4n) is 0.750. The van der Waals surface area contributed by atoms with Gasteiger partial charge in [-0.1, -0.05) is 0 Å². The Morgan fingerprint density at radius 2 is 2.45 bits per heavy atom. The lowest BCUT2D eigenvalue weighted by Crippen LogP contribution is -2.05. The summed E-state index contributed by atoms with van der Waals surface area (Å²) in [6, 6.07) is 1.71. The van der Waals surface area contributed by atoms with Crippen LogP contribution in [0.4, 0.5) is 15.8 Å². The average Bonchev–Trinajstić information content (AvgIpc) is 2.03. The Kier molecular flexibility index (Phi) is 2.66. The van der Waals surface area contributed by atoms with Gasteiger partial charge in [0.15, 0.2) is 0 Å². The van der Waals surface area contributed by atoms with Crippen molar-refractivity contribution < 1.29 is 4.39 Å². The van der Waals surface area contributed by atoms with E-state index in [0.717, 1.165) is 5.69 Å². The smallest absolute Gasteiger partial charge is 0.107 e. The second-order valence-corrected chi connectivity index (χ2v) is 2.08. The van der Waals surface area contributed by atoms with Crippen molar-refractivity contribution in [3.8, 4) is 0 Å². The highest BCUT2D eigenvalue weighted by Gasteiger charge is 1.94. The van der Waals surface area contributed by atoms with Crippen LogP contribution in [0.1, 0.15) is 0 Å². The molecule has 3 N–H and O–H groups in total. The average molecular weight is 155 g/mol. The van der Waals surface area contributed by atoms with Gasteiger partial charge in [-0.15, -0.1) is 0 Å². The molecule has 60 valence electrons. The molecule has 0 fully saturated rings. The van der Waals surface area contributed by atoms with Gasteiger partial charge in [0.05, 0.1) is 17.6 Å². The van der Waals surface area contributed by atoms with Gasteiger partial charge < -0.3 is 11.1 Å². The first kappa shape index (κ1) is 7.78. The quantitative estimate of drug-likeness (QED) is 0.685. The van der Waals surface area contributed by atoms with Crippen molar-refractivity contribution in [1.82, 2.24) is 4.98 Å². The summed E-state index contributed by atoms with van der Waals surface area (Å²) in [7, 11) is 0. The van der Waals surface area contributed by atoms with Gasteiger partial charge in [-0.2, -0.15) is 0 Å². The number of halogens is 1. The normalized spacial score (nSPS) is 9.55. The summed E-state index contributed by atoms with van der Waals surface area (Å²) in [6.45, 7) is -0.115. The molecular formula is C7H10FN3. The molecule has 3 nitrogen and oxygen atoms in total. The number of nitrogens with two attached hydrogens (primary N) is 1. The van der Waals surface area contributed by atoms with Gasteiger partial charge in [-0.25, -0.2) is 4.39 Å². The molecule has 1 rings (SSSR count). The van der Waals surface area contributed by atoms with Crippen molar-refractivity contribution in [2.24, 2.45) is 0 Å². The summed E-state index contributed by atoms with van der Waals surface area (Å²) in [5, 5.41) is 2.82. The number of nitrogens with one attached hydrogen (secondary N) is 1. The molecule has 0 saturated carbocycles. The molecule has 0 aliphatic heterocycles. The fraction of sp³-hybridized carbons (Fsp3) is 0.286.